The molecule has 2 N–H and O–H groups in total. The molecule has 0 aliphatic heterocycles. The molecular formula is C8H6BrFN2O3. The summed E-state index contributed by atoms with van der Waals surface area (Å²) in [6.07, 6.45) is 0. The smallest absolute Gasteiger partial charge is 0.283 e. The van der Waals surface area contributed by atoms with Gasteiger partial charge in [-0.25, -0.2) is 4.39 Å². The SMILES string of the molecule is Nc1ccc([N+](=O)[O-])c(C(=O)CBr)c1F. The van der Waals surface area contributed by atoms with E-state index >= 15 is 0 Å². The van der Waals surface area contributed by atoms with Crippen molar-refractivity contribution in [3.8, 4) is 0 Å². The van der Waals surface area contributed by atoms with E-state index in [9.17, 15) is 19.3 Å². The molecule has 1 aromatic rings. The molecule has 5 nitrogen and oxygen atoms in total. The fourth-order valence-corrected chi connectivity index (χ4v) is 1.35. The zero-order valence-corrected chi connectivity index (χ0v) is 8.95. The van der Waals surface area contributed by atoms with Crippen LogP contribution in [0.3, 0.4) is 0 Å². The van der Waals surface area contributed by atoms with Crippen molar-refractivity contribution >= 4 is 33.1 Å². The number of hydrogen-bond acceptors (Lipinski definition) is 4. The van der Waals surface area contributed by atoms with Gasteiger partial charge >= 0.3 is 0 Å². The molecule has 0 bridgehead atoms. The van der Waals surface area contributed by atoms with Crippen LogP contribution in [0, 0.1) is 15.9 Å². The molecule has 0 atom stereocenters. The summed E-state index contributed by atoms with van der Waals surface area (Å²) in [6.45, 7) is 0. The highest BCUT2D eigenvalue weighted by atomic mass is 79.9. The van der Waals surface area contributed by atoms with E-state index in [0.717, 1.165) is 12.1 Å². The highest BCUT2D eigenvalue weighted by Crippen LogP contribution is 2.26. The molecule has 0 saturated heterocycles. The maximum absolute atomic E-state index is 13.4. The molecule has 80 valence electrons. The van der Waals surface area contributed by atoms with Gasteiger partial charge in [0, 0.05) is 6.07 Å². The van der Waals surface area contributed by atoms with Crippen molar-refractivity contribution in [3.63, 3.8) is 0 Å². The molecule has 0 radical (unpaired) electrons. The maximum atomic E-state index is 13.4. The zero-order chi connectivity index (χ0) is 11.6. The number of Topliss-reactive ketones (excluding diaryl/α,β-unsaturated/α-hetero) is 1. The molecule has 1 rings (SSSR count). The van der Waals surface area contributed by atoms with Crippen LogP contribution in [0.1, 0.15) is 10.4 Å². The van der Waals surface area contributed by atoms with E-state index < -0.39 is 27.8 Å². The molecule has 0 heterocycles. The van der Waals surface area contributed by atoms with Crippen molar-refractivity contribution in [2.24, 2.45) is 0 Å². The topological polar surface area (TPSA) is 86.2 Å². The third-order valence-electron chi connectivity index (χ3n) is 1.75. The Hall–Kier alpha value is -1.50. The van der Waals surface area contributed by atoms with Gasteiger partial charge in [-0.05, 0) is 6.07 Å². The first kappa shape index (κ1) is 11.6. The predicted octanol–water partition coefficient (Wildman–Crippen LogP) is 1.89. The number of rotatable bonds is 3. The van der Waals surface area contributed by atoms with Gasteiger partial charge in [0.25, 0.3) is 5.69 Å². The zero-order valence-electron chi connectivity index (χ0n) is 7.37. The summed E-state index contributed by atoms with van der Waals surface area (Å²) in [7, 11) is 0. The molecule has 0 aliphatic carbocycles. The van der Waals surface area contributed by atoms with Crippen molar-refractivity contribution in [3.05, 3.63) is 33.6 Å². The first-order valence-corrected chi connectivity index (χ1v) is 4.92. The number of nitro groups is 1. The molecule has 0 aromatic heterocycles. The van der Waals surface area contributed by atoms with Gasteiger partial charge in [-0.15, -0.1) is 0 Å². The lowest BCUT2D eigenvalue weighted by Crippen LogP contribution is -2.09. The summed E-state index contributed by atoms with van der Waals surface area (Å²) in [4.78, 5) is 21.0. The Kier molecular flexibility index (Phi) is 3.35. The number of nitrogen functional groups attached to an aromatic ring is 1. The second-order valence-electron chi connectivity index (χ2n) is 2.68. The minimum absolute atomic E-state index is 0.200. The quantitative estimate of drug-likeness (QED) is 0.300. The minimum atomic E-state index is -1.05. The number of alkyl halides is 1. The molecule has 1 aromatic carbocycles. The second kappa shape index (κ2) is 4.35. The average Bonchev–Trinajstić information content (AvgIpc) is 2.20. The van der Waals surface area contributed by atoms with Crippen LogP contribution in [0.4, 0.5) is 15.8 Å². The van der Waals surface area contributed by atoms with E-state index in [4.69, 9.17) is 5.73 Å². The maximum Gasteiger partial charge on any atom is 0.283 e. The first-order chi connectivity index (χ1) is 6.99. The van der Waals surface area contributed by atoms with Gasteiger partial charge < -0.3 is 5.73 Å². The number of ketones is 1. The number of nitro benzene ring substituents is 1. The van der Waals surface area contributed by atoms with Gasteiger partial charge in [0.2, 0.25) is 0 Å². The van der Waals surface area contributed by atoms with E-state index in [-0.39, 0.29) is 11.0 Å². The van der Waals surface area contributed by atoms with E-state index in [1.807, 2.05) is 0 Å². The highest BCUT2D eigenvalue weighted by molar-refractivity contribution is 9.09. The number of hydrogen-bond donors (Lipinski definition) is 1. The number of carbonyl (C=O) groups excluding carboxylic acids is 1. The van der Waals surface area contributed by atoms with Crippen LogP contribution in [0.15, 0.2) is 12.1 Å². The Balaban J connectivity index is 3.48. The Bertz CT molecular complexity index is 436. The lowest BCUT2D eigenvalue weighted by Gasteiger charge is -2.03. The van der Waals surface area contributed by atoms with Gasteiger partial charge in [0.1, 0.15) is 5.56 Å². The summed E-state index contributed by atoms with van der Waals surface area (Å²) < 4.78 is 13.4. The molecular weight excluding hydrogens is 271 g/mol. The standard InChI is InChI=1S/C8H6BrFN2O3/c9-3-6(13)7-5(12(14)15)2-1-4(11)8(7)10/h1-2H,3,11H2. The third-order valence-corrected chi connectivity index (χ3v) is 2.26. The Morgan fingerprint density at radius 3 is 2.67 bits per heavy atom. The highest BCUT2D eigenvalue weighted by Gasteiger charge is 2.25. The number of anilines is 1. The largest absolute Gasteiger partial charge is 0.396 e. The van der Waals surface area contributed by atoms with Gasteiger partial charge in [-0.1, -0.05) is 15.9 Å². The third kappa shape index (κ3) is 2.12. The fourth-order valence-electron chi connectivity index (χ4n) is 1.07. The van der Waals surface area contributed by atoms with Crippen molar-refractivity contribution < 1.29 is 14.1 Å². The van der Waals surface area contributed by atoms with E-state index in [0.29, 0.717) is 0 Å². The monoisotopic (exact) mass is 276 g/mol. The van der Waals surface area contributed by atoms with Crippen molar-refractivity contribution in [2.45, 2.75) is 0 Å². The molecule has 0 unspecified atom stereocenters. The van der Waals surface area contributed by atoms with E-state index in [2.05, 4.69) is 15.9 Å². The lowest BCUT2D eigenvalue weighted by molar-refractivity contribution is -0.385. The summed E-state index contributed by atoms with van der Waals surface area (Å²) >= 11 is 2.81. The molecule has 15 heavy (non-hydrogen) atoms. The molecule has 0 amide bonds. The van der Waals surface area contributed by atoms with Crippen LogP contribution in [-0.4, -0.2) is 16.0 Å². The normalized spacial score (nSPS) is 10.0. The molecule has 0 fully saturated rings. The van der Waals surface area contributed by atoms with Crippen molar-refractivity contribution in [1.29, 1.82) is 0 Å². The number of nitrogens with two attached hydrogens (primary N) is 1. The summed E-state index contributed by atoms with van der Waals surface area (Å²) in [5.41, 5.74) is 3.77. The van der Waals surface area contributed by atoms with E-state index in [1.165, 1.54) is 0 Å². The summed E-state index contributed by atoms with van der Waals surface area (Å²) in [5.74, 6) is -1.76. The average molecular weight is 277 g/mol. The lowest BCUT2D eigenvalue weighted by atomic mass is 10.1. The van der Waals surface area contributed by atoms with Gasteiger partial charge in [-0.3, -0.25) is 14.9 Å². The van der Waals surface area contributed by atoms with Crippen LogP contribution in [-0.2, 0) is 0 Å². The Morgan fingerprint density at radius 2 is 2.20 bits per heavy atom. The predicted molar refractivity (Wildman–Crippen MR) is 55.6 cm³/mol. The Labute approximate surface area is 92.3 Å². The second-order valence-corrected chi connectivity index (χ2v) is 3.24. The first-order valence-electron chi connectivity index (χ1n) is 3.80. The van der Waals surface area contributed by atoms with E-state index in [1.54, 1.807) is 0 Å². The number of nitrogens with zero attached hydrogens (tertiary/aromatic N) is 1. The molecule has 0 spiro atoms. The van der Waals surface area contributed by atoms with Crippen LogP contribution in [0.25, 0.3) is 0 Å². The van der Waals surface area contributed by atoms with Crippen LogP contribution >= 0.6 is 15.9 Å². The van der Waals surface area contributed by atoms with Crippen LogP contribution < -0.4 is 5.73 Å². The number of benzene rings is 1. The molecule has 0 aliphatic rings. The number of halogens is 2. The minimum Gasteiger partial charge on any atom is -0.396 e. The van der Waals surface area contributed by atoms with Gasteiger partial charge in [0.15, 0.2) is 11.6 Å². The summed E-state index contributed by atoms with van der Waals surface area (Å²) in [6, 6.07) is 2.06. The van der Waals surface area contributed by atoms with Gasteiger partial charge in [-0.2, -0.15) is 0 Å². The van der Waals surface area contributed by atoms with Crippen molar-refractivity contribution in [2.75, 3.05) is 11.1 Å². The fraction of sp³-hybridized carbons (Fsp3) is 0.125. The Morgan fingerprint density at radius 1 is 1.60 bits per heavy atom. The molecule has 0 saturated carbocycles. The van der Waals surface area contributed by atoms with Gasteiger partial charge in [0.05, 0.1) is 15.9 Å². The molecule has 7 heteroatoms. The van der Waals surface area contributed by atoms with Crippen LogP contribution in [0.2, 0.25) is 0 Å². The summed E-state index contributed by atoms with van der Waals surface area (Å²) in [5, 5.41) is 10.3. The van der Waals surface area contributed by atoms with Crippen molar-refractivity contribution in [1.82, 2.24) is 0 Å². The number of carbonyl (C=O) groups is 1. The van der Waals surface area contributed by atoms with Crippen LogP contribution in [0.5, 0.6) is 0 Å².